The van der Waals surface area contributed by atoms with Gasteiger partial charge in [-0.05, 0) is 35.9 Å². The van der Waals surface area contributed by atoms with Crippen molar-refractivity contribution in [1.29, 1.82) is 0 Å². The lowest BCUT2D eigenvalue weighted by molar-refractivity contribution is -0.127. The fraction of sp³-hybridized carbons (Fsp3) is 0.150. The van der Waals surface area contributed by atoms with E-state index in [0.717, 1.165) is 16.8 Å². The maximum absolute atomic E-state index is 14.5. The summed E-state index contributed by atoms with van der Waals surface area (Å²) in [6.45, 7) is 5.08. The van der Waals surface area contributed by atoms with Crippen LogP contribution in [0.25, 0.3) is 22.4 Å². The highest BCUT2D eigenvalue weighted by Gasteiger charge is 2.28. The molecule has 0 fully saturated rings. The molecule has 0 radical (unpaired) electrons. The van der Waals surface area contributed by atoms with E-state index in [9.17, 15) is 9.18 Å². The van der Waals surface area contributed by atoms with E-state index < -0.39 is 0 Å². The smallest absolute Gasteiger partial charge is 0.246 e. The van der Waals surface area contributed by atoms with Crippen LogP contribution < -0.4 is 0 Å². The van der Waals surface area contributed by atoms with Crippen molar-refractivity contribution in [2.24, 2.45) is 0 Å². The maximum Gasteiger partial charge on any atom is 0.246 e. The largest absolute Gasteiger partial charge is 0.331 e. The van der Waals surface area contributed by atoms with Gasteiger partial charge in [-0.15, -0.1) is 0 Å². The zero-order valence-corrected chi connectivity index (χ0v) is 14.1. The summed E-state index contributed by atoms with van der Waals surface area (Å²) in [6.07, 6.45) is 4.70. The molecule has 0 bridgehead atoms. The topological polar surface area (TPSA) is 51.0 Å². The summed E-state index contributed by atoms with van der Waals surface area (Å²) in [5, 5.41) is 4.67. The third-order valence-corrected chi connectivity index (χ3v) is 4.56. The predicted molar refractivity (Wildman–Crippen MR) is 96.5 cm³/mol. The number of nitrogens with zero attached hydrogens (tertiary/aromatic N) is 4. The molecule has 26 heavy (non-hydrogen) atoms. The van der Waals surface area contributed by atoms with Gasteiger partial charge < -0.3 is 4.90 Å². The van der Waals surface area contributed by atoms with Gasteiger partial charge in [-0.1, -0.05) is 18.7 Å². The second-order valence-electron chi connectivity index (χ2n) is 6.07. The second kappa shape index (κ2) is 6.55. The lowest BCUT2D eigenvalue weighted by Gasteiger charge is -2.27. The molecule has 1 aromatic carbocycles. The van der Waals surface area contributed by atoms with Crippen molar-refractivity contribution in [2.45, 2.75) is 13.1 Å². The van der Waals surface area contributed by atoms with Crippen LogP contribution in [0.4, 0.5) is 4.39 Å². The fourth-order valence-electron chi connectivity index (χ4n) is 3.30. The number of rotatable bonds is 3. The van der Waals surface area contributed by atoms with Crippen LogP contribution in [0.2, 0.25) is 0 Å². The van der Waals surface area contributed by atoms with Gasteiger partial charge in [0.15, 0.2) is 0 Å². The number of carbonyl (C=O) groups is 1. The Bertz CT molecular complexity index is 981. The molecular weight excluding hydrogens is 331 g/mol. The fourth-order valence-corrected chi connectivity index (χ4v) is 3.30. The third-order valence-electron chi connectivity index (χ3n) is 4.56. The van der Waals surface area contributed by atoms with Crippen LogP contribution in [-0.4, -0.2) is 32.1 Å². The van der Waals surface area contributed by atoms with Gasteiger partial charge in [0, 0.05) is 30.1 Å². The van der Waals surface area contributed by atoms with Gasteiger partial charge in [0.2, 0.25) is 5.91 Å². The van der Waals surface area contributed by atoms with Crippen LogP contribution in [0.15, 0.2) is 61.4 Å². The van der Waals surface area contributed by atoms with Gasteiger partial charge in [0.25, 0.3) is 0 Å². The average Bonchev–Trinajstić information content (AvgIpc) is 3.06. The minimum absolute atomic E-state index is 0.120. The van der Waals surface area contributed by atoms with E-state index in [4.69, 9.17) is 0 Å². The second-order valence-corrected chi connectivity index (χ2v) is 6.07. The molecule has 4 rings (SSSR count). The number of hydrogen-bond donors (Lipinski definition) is 0. The average molecular weight is 348 g/mol. The van der Waals surface area contributed by atoms with E-state index in [1.807, 2.05) is 16.8 Å². The van der Waals surface area contributed by atoms with Crippen LogP contribution in [0.3, 0.4) is 0 Å². The standard InChI is InChI=1S/C20H17FN4O/c1-2-18(26)24-11-12-25-17(13-24)19(14-7-9-22-10-8-14)20(23-25)15-5-3-4-6-16(15)21/h2-10H,1,11-13H2. The first-order valence-corrected chi connectivity index (χ1v) is 8.35. The lowest BCUT2D eigenvalue weighted by Crippen LogP contribution is -2.37. The van der Waals surface area contributed by atoms with E-state index in [1.165, 1.54) is 12.1 Å². The number of pyridine rings is 1. The molecule has 0 unspecified atom stereocenters. The monoisotopic (exact) mass is 348 g/mol. The summed E-state index contributed by atoms with van der Waals surface area (Å²) >= 11 is 0. The molecule has 5 nitrogen and oxygen atoms in total. The third kappa shape index (κ3) is 2.69. The highest BCUT2D eigenvalue weighted by molar-refractivity contribution is 5.88. The number of fused-ring (bicyclic) bond motifs is 1. The highest BCUT2D eigenvalue weighted by atomic mass is 19.1. The Balaban J connectivity index is 1.92. The summed E-state index contributed by atoms with van der Waals surface area (Å²) in [7, 11) is 0. The van der Waals surface area contributed by atoms with Gasteiger partial charge >= 0.3 is 0 Å². The molecule has 1 aliphatic heterocycles. The van der Waals surface area contributed by atoms with Gasteiger partial charge in [-0.2, -0.15) is 5.10 Å². The first-order chi connectivity index (χ1) is 12.7. The number of carbonyl (C=O) groups excluding carboxylic acids is 1. The first kappa shape index (κ1) is 16.2. The Hall–Kier alpha value is -3.28. The predicted octanol–water partition coefficient (Wildman–Crippen LogP) is 3.28. The molecule has 0 saturated carbocycles. The highest BCUT2D eigenvalue weighted by Crippen LogP contribution is 2.37. The first-order valence-electron chi connectivity index (χ1n) is 8.35. The van der Waals surface area contributed by atoms with Crippen LogP contribution >= 0.6 is 0 Å². The van der Waals surface area contributed by atoms with Gasteiger partial charge in [-0.3, -0.25) is 14.5 Å². The Labute approximate surface area is 150 Å². The van der Waals surface area contributed by atoms with E-state index in [0.29, 0.717) is 30.9 Å². The number of amides is 1. The molecule has 0 spiro atoms. The Morgan fingerprint density at radius 3 is 2.65 bits per heavy atom. The van der Waals surface area contributed by atoms with Gasteiger partial charge in [-0.25, -0.2) is 4.39 Å². The molecule has 6 heteroatoms. The molecule has 0 aliphatic carbocycles. The van der Waals surface area contributed by atoms with Crippen LogP contribution in [0.1, 0.15) is 5.69 Å². The molecule has 1 aliphatic rings. The summed E-state index contributed by atoms with van der Waals surface area (Å²) in [6, 6.07) is 10.3. The molecule has 3 heterocycles. The molecule has 0 atom stereocenters. The van der Waals surface area contributed by atoms with E-state index in [2.05, 4.69) is 16.7 Å². The van der Waals surface area contributed by atoms with Crippen LogP contribution in [0, 0.1) is 5.82 Å². The van der Waals surface area contributed by atoms with Crippen molar-refractivity contribution in [1.82, 2.24) is 19.7 Å². The molecule has 0 N–H and O–H groups in total. The van der Waals surface area contributed by atoms with E-state index in [1.54, 1.807) is 35.5 Å². The molecule has 130 valence electrons. The Morgan fingerprint density at radius 1 is 1.15 bits per heavy atom. The van der Waals surface area contributed by atoms with Gasteiger partial charge in [0.05, 0.1) is 18.8 Å². The van der Waals surface area contributed by atoms with Crippen molar-refractivity contribution < 1.29 is 9.18 Å². The van der Waals surface area contributed by atoms with Crippen molar-refractivity contribution in [3.8, 4) is 22.4 Å². The minimum Gasteiger partial charge on any atom is -0.331 e. The maximum atomic E-state index is 14.5. The zero-order chi connectivity index (χ0) is 18.1. The number of hydrogen-bond acceptors (Lipinski definition) is 3. The normalized spacial score (nSPS) is 13.3. The SMILES string of the molecule is C=CC(=O)N1CCn2nc(-c3ccccc3F)c(-c3ccncc3)c2C1. The summed E-state index contributed by atoms with van der Waals surface area (Å²) in [5.41, 5.74) is 3.64. The van der Waals surface area contributed by atoms with Crippen molar-refractivity contribution >= 4 is 5.91 Å². The Morgan fingerprint density at radius 2 is 1.92 bits per heavy atom. The van der Waals surface area contributed by atoms with Crippen LogP contribution in [0.5, 0.6) is 0 Å². The zero-order valence-electron chi connectivity index (χ0n) is 14.1. The van der Waals surface area contributed by atoms with E-state index in [-0.39, 0.29) is 11.7 Å². The van der Waals surface area contributed by atoms with Crippen molar-refractivity contribution in [3.63, 3.8) is 0 Å². The van der Waals surface area contributed by atoms with E-state index >= 15 is 0 Å². The molecule has 2 aromatic heterocycles. The minimum atomic E-state index is -0.322. The number of halogens is 1. The summed E-state index contributed by atoms with van der Waals surface area (Å²) in [4.78, 5) is 17.9. The van der Waals surface area contributed by atoms with Crippen LogP contribution in [-0.2, 0) is 17.9 Å². The molecular formula is C20H17FN4O. The quantitative estimate of drug-likeness (QED) is 0.683. The van der Waals surface area contributed by atoms with Crippen molar-refractivity contribution in [3.05, 3.63) is 73.0 Å². The number of benzene rings is 1. The Kier molecular flexibility index (Phi) is 4.08. The lowest BCUT2D eigenvalue weighted by atomic mass is 9.98. The summed E-state index contributed by atoms with van der Waals surface area (Å²) in [5.74, 6) is -0.442. The molecule has 0 saturated heterocycles. The number of aromatic nitrogens is 3. The molecule has 1 amide bonds. The summed E-state index contributed by atoms with van der Waals surface area (Å²) < 4.78 is 16.3. The molecule has 3 aromatic rings. The van der Waals surface area contributed by atoms with Crippen molar-refractivity contribution in [2.75, 3.05) is 6.54 Å². The van der Waals surface area contributed by atoms with Gasteiger partial charge in [0.1, 0.15) is 11.5 Å².